The van der Waals surface area contributed by atoms with Crippen LogP contribution in [-0.4, -0.2) is 23.1 Å². The van der Waals surface area contributed by atoms with Gasteiger partial charge in [-0.3, -0.25) is 9.97 Å². The van der Waals surface area contributed by atoms with Crippen LogP contribution in [0.3, 0.4) is 0 Å². The molecule has 0 spiro atoms. The molecule has 2 rings (SSSR count). The van der Waals surface area contributed by atoms with Gasteiger partial charge in [0.2, 0.25) is 0 Å². The molecule has 4 heteroatoms. The van der Waals surface area contributed by atoms with Gasteiger partial charge < -0.3 is 10.6 Å². The molecule has 0 bridgehead atoms. The fourth-order valence-corrected chi connectivity index (χ4v) is 1.94. The Hall–Kier alpha value is -1.78. The van der Waals surface area contributed by atoms with Gasteiger partial charge in [-0.15, -0.1) is 0 Å². The minimum Gasteiger partial charge on any atom is -0.311 e. The van der Waals surface area contributed by atoms with Crippen molar-refractivity contribution in [3.63, 3.8) is 0 Å². The molecule has 20 heavy (non-hydrogen) atoms. The van der Waals surface area contributed by atoms with E-state index in [4.69, 9.17) is 0 Å². The molecule has 2 aromatic rings. The predicted octanol–water partition coefficient (Wildman–Crippen LogP) is 2.14. The molecular weight excluding hydrogens is 248 g/mol. The summed E-state index contributed by atoms with van der Waals surface area (Å²) in [5, 5.41) is 6.82. The standard InChI is InChI=1S/C16H22N4/c1-3-11-19-15(7-1)13-17-9-5-6-10-18-14-16-8-2-4-12-20-16/h1-4,7-8,11-12,17-18H,5-6,9-10,13-14H2. The van der Waals surface area contributed by atoms with E-state index in [1.807, 2.05) is 48.8 Å². The lowest BCUT2D eigenvalue weighted by atomic mass is 10.3. The highest BCUT2D eigenvalue weighted by Crippen LogP contribution is 1.94. The maximum Gasteiger partial charge on any atom is 0.0541 e. The first-order chi connectivity index (χ1) is 9.95. The summed E-state index contributed by atoms with van der Waals surface area (Å²) >= 11 is 0. The molecule has 0 amide bonds. The van der Waals surface area contributed by atoms with Crippen LogP contribution in [0, 0.1) is 0 Å². The van der Waals surface area contributed by atoms with E-state index in [9.17, 15) is 0 Å². The summed E-state index contributed by atoms with van der Waals surface area (Å²) in [4.78, 5) is 8.56. The lowest BCUT2D eigenvalue weighted by Crippen LogP contribution is -2.19. The molecule has 4 nitrogen and oxygen atoms in total. The largest absolute Gasteiger partial charge is 0.311 e. The van der Waals surface area contributed by atoms with Crippen molar-refractivity contribution in [2.45, 2.75) is 25.9 Å². The van der Waals surface area contributed by atoms with Crippen molar-refractivity contribution >= 4 is 0 Å². The van der Waals surface area contributed by atoms with Gasteiger partial charge in [-0.05, 0) is 50.2 Å². The maximum atomic E-state index is 4.28. The molecule has 106 valence electrons. The van der Waals surface area contributed by atoms with Crippen molar-refractivity contribution in [2.24, 2.45) is 0 Å². The average Bonchev–Trinajstić information content (AvgIpc) is 2.52. The Bertz CT molecular complexity index is 413. The second-order valence-corrected chi connectivity index (χ2v) is 4.70. The summed E-state index contributed by atoms with van der Waals surface area (Å²) in [5.74, 6) is 0. The van der Waals surface area contributed by atoms with Crippen LogP contribution in [0.4, 0.5) is 0 Å². The Morgan fingerprint density at radius 1 is 0.700 bits per heavy atom. The fourth-order valence-electron chi connectivity index (χ4n) is 1.94. The molecule has 0 aliphatic carbocycles. The van der Waals surface area contributed by atoms with E-state index in [2.05, 4.69) is 20.6 Å². The second kappa shape index (κ2) is 9.18. The number of unbranched alkanes of at least 4 members (excludes halogenated alkanes) is 1. The van der Waals surface area contributed by atoms with Gasteiger partial charge in [0.25, 0.3) is 0 Å². The van der Waals surface area contributed by atoms with E-state index >= 15 is 0 Å². The molecule has 0 aromatic carbocycles. The molecule has 0 radical (unpaired) electrons. The number of aromatic nitrogens is 2. The van der Waals surface area contributed by atoms with Gasteiger partial charge in [-0.25, -0.2) is 0 Å². The summed E-state index contributed by atoms with van der Waals surface area (Å²) in [6.45, 7) is 3.76. The van der Waals surface area contributed by atoms with Crippen LogP contribution in [0.5, 0.6) is 0 Å². The number of hydrogen-bond acceptors (Lipinski definition) is 4. The molecule has 2 aromatic heterocycles. The summed E-state index contributed by atoms with van der Waals surface area (Å²) in [7, 11) is 0. The average molecular weight is 270 g/mol. The van der Waals surface area contributed by atoms with E-state index in [-0.39, 0.29) is 0 Å². The van der Waals surface area contributed by atoms with Crippen LogP contribution in [0.1, 0.15) is 24.2 Å². The van der Waals surface area contributed by atoms with E-state index < -0.39 is 0 Å². The monoisotopic (exact) mass is 270 g/mol. The molecule has 2 heterocycles. The smallest absolute Gasteiger partial charge is 0.0541 e. The Labute approximate surface area is 120 Å². The number of rotatable bonds is 9. The summed E-state index contributed by atoms with van der Waals surface area (Å²) < 4.78 is 0. The van der Waals surface area contributed by atoms with Crippen molar-refractivity contribution in [3.8, 4) is 0 Å². The van der Waals surface area contributed by atoms with Crippen LogP contribution in [0.25, 0.3) is 0 Å². The molecule has 0 unspecified atom stereocenters. The van der Waals surface area contributed by atoms with Crippen LogP contribution in [0.15, 0.2) is 48.8 Å². The van der Waals surface area contributed by atoms with E-state index in [0.717, 1.165) is 37.6 Å². The molecule has 2 N–H and O–H groups in total. The van der Waals surface area contributed by atoms with E-state index in [1.165, 1.54) is 12.8 Å². The molecular formula is C16H22N4. The van der Waals surface area contributed by atoms with Crippen LogP contribution >= 0.6 is 0 Å². The van der Waals surface area contributed by atoms with Gasteiger partial charge >= 0.3 is 0 Å². The van der Waals surface area contributed by atoms with Crippen LogP contribution in [-0.2, 0) is 13.1 Å². The van der Waals surface area contributed by atoms with Gasteiger partial charge in [-0.1, -0.05) is 12.1 Å². The van der Waals surface area contributed by atoms with Gasteiger partial charge in [-0.2, -0.15) is 0 Å². The first-order valence-corrected chi connectivity index (χ1v) is 7.16. The lowest BCUT2D eigenvalue weighted by molar-refractivity contribution is 0.576. The first-order valence-electron chi connectivity index (χ1n) is 7.16. The molecule has 0 aliphatic heterocycles. The zero-order valence-electron chi connectivity index (χ0n) is 11.8. The Kier molecular flexibility index (Phi) is 6.71. The van der Waals surface area contributed by atoms with Gasteiger partial charge in [0.1, 0.15) is 0 Å². The lowest BCUT2D eigenvalue weighted by Gasteiger charge is -2.05. The minimum absolute atomic E-state index is 0.849. The SMILES string of the molecule is c1ccc(CNCCCCNCc2ccccn2)nc1. The highest BCUT2D eigenvalue weighted by atomic mass is 14.9. The molecule has 0 fully saturated rings. The summed E-state index contributed by atoms with van der Waals surface area (Å²) in [6, 6.07) is 12.0. The van der Waals surface area contributed by atoms with Crippen LogP contribution in [0.2, 0.25) is 0 Å². The quantitative estimate of drug-likeness (QED) is 0.685. The predicted molar refractivity (Wildman–Crippen MR) is 81.1 cm³/mol. The second-order valence-electron chi connectivity index (χ2n) is 4.70. The summed E-state index contributed by atoms with van der Waals surface area (Å²) in [6.07, 6.45) is 6.00. The number of nitrogens with one attached hydrogen (secondary N) is 2. The normalized spacial score (nSPS) is 10.6. The van der Waals surface area contributed by atoms with Crippen molar-refractivity contribution in [3.05, 3.63) is 60.2 Å². The third-order valence-corrected chi connectivity index (χ3v) is 3.02. The minimum atomic E-state index is 0.849. The number of hydrogen-bond donors (Lipinski definition) is 2. The van der Waals surface area contributed by atoms with Crippen molar-refractivity contribution in [1.29, 1.82) is 0 Å². The fraction of sp³-hybridized carbons (Fsp3) is 0.375. The van der Waals surface area contributed by atoms with Crippen molar-refractivity contribution in [1.82, 2.24) is 20.6 Å². The molecule has 0 atom stereocenters. The Morgan fingerprint density at radius 3 is 1.60 bits per heavy atom. The third-order valence-electron chi connectivity index (χ3n) is 3.02. The Morgan fingerprint density at radius 2 is 1.20 bits per heavy atom. The molecule has 0 saturated carbocycles. The molecule has 0 aliphatic rings. The van der Waals surface area contributed by atoms with Gasteiger partial charge in [0, 0.05) is 25.5 Å². The Balaban J connectivity index is 1.44. The van der Waals surface area contributed by atoms with E-state index in [1.54, 1.807) is 0 Å². The van der Waals surface area contributed by atoms with Crippen molar-refractivity contribution in [2.75, 3.05) is 13.1 Å². The highest BCUT2D eigenvalue weighted by Gasteiger charge is 1.94. The maximum absolute atomic E-state index is 4.28. The third kappa shape index (κ3) is 5.91. The topological polar surface area (TPSA) is 49.8 Å². The van der Waals surface area contributed by atoms with Crippen LogP contribution < -0.4 is 10.6 Å². The zero-order valence-corrected chi connectivity index (χ0v) is 11.8. The number of nitrogens with zero attached hydrogens (tertiary/aromatic N) is 2. The van der Waals surface area contributed by atoms with Gasteiger partial charge in [0.05, 0.1) is 11.4 Å². The summed E-state index contributed by atoms with van der Waals surface area (Å²) in [5.41, 5.74) is 2.20. The van der Waals surface area contributed by atoms with Crippen molar-refractivity contribution < 1.29 is 0 Å². The zero-order chi connectivity index (χ0) is 13.9. The van der Waals surface area contributed by atoms with E-state index in [0.29, 0.717) is 0 Å². The molecule has 0 saturated heterocycles. The van der Waals surface area contributed by atoms with Gasteiger partial charge in [0.15, 0.2) is 0 Å². The number of pyridine rings is 2. The first kappa shape index (κ1) is 14.6. The highest BCUT2D eigenvalue weighted by molar-refractivity contribution is 5.03.